The van der Waals surface area contributed by atoms with Gasteiger partial charge in [0.1, 0.15) is 11.5 Å². The van der Waals surface area contributed by atoms with Crippen LogP contribution in [0.2, 0.25) is 0 Å². The molecule has 2 rings (SSSR count). The maximum Gasteiger partial charge on any atom is 0.303 e. The van der Waals surface area contributed by atoms with E-state index in [4.69, 9.17) is 19.8 Å². The first-order valence-electron chi connectivity index (χ1n) is 8.40. The van der Waals surface area contributed by atoms with Gasteiger partial charge in [0.25, 0.3) is 5.91 Å². The van der Waals surface area contributed by atoms with Gasteiger partial charge in [-0.15, -0.1) is 0 Å². The molecule has 1 amide bonds. The summed E-state index contributed by atoms with van der Waals surface area (Å²) in [6.07, 6.45) is 0.529. The number of carboxylic acids is 1. The molecule has 0 aliphatic heterocycles. The third-order valence-corrected chi connectivity index (χ3v) is 3.57. The van der Waals surface area contributed by atoms with Gasteiger partial charge < -0.3 is 19.9 Å². The van der Waals surface area contributed by atoms with Crippen molar-refractivity contribution in [3.05, 3.63) is 59.7 Å². The van der Waals surface area contributed by atoms with Crippen LogP contribution in [0.1, 0.15) is 24.0 Å². The highest BCUT2D eigenvalue weighted by molar-refractivity contribution is 5.77. The molecule has 0 aromatic heterocycles. The van der Waals surface area contributed by atoms with Crippen molar-refractivity contribution >= 4 is 11.9 Å². The monoisotopic (exact) mass is 368 g/mol. The fraction of sp³-hybridized carbons (Fsp3) is 0.250. The summed E-state index contributed by atoms with van der Waals surface area (Å²) in [6.45, 7) is 0.584. The van der Waals surface area contributed by atoms with E-state index in [2.05, 4.69) is 5.32 Å². The van der Waals surface area contributed by atoms with Crippen LogP contribution in [0.5, 0.6) is 11.5 Å². The third kappa shape index (κ3) is 7.48. The lowest BCUT2D eigenvalue weighted by Crippen LogP contribution is -2.28. The van der Waals surface area contributed by atoms with Crippen molar-refractivity contribution < 1.29 is 24.2 Å². The second kappa shape index (κ2) is 10.5. The van der Waals surface area contributed by atoms with Crippen molar-refractivity contribution in [3.63, 3.8) is 0 Å². The Hall–Kier alpha value is -3.53. The topological polar surface area (TPSA) is 109 Å². The van der Waals surface area contributed by atoms with E-state index in [9.17, 15) is 9.59 Å². The normalized spacial score (nSPS) is 9.89. The summed E-state index contributed by atoms with van der Waals surface area (Å²) in [4.78, 5) is 22.3. The Kier molecular flexibility index (Phi) is 7.67. The SMILES string of the molecule is N#Cc1ccc(OCC(=O)NCc2ccc(OCCCC(=O)O)cc2)cc1. The van der Waals surface area contributed by atoms with E-state index in [1.807, 2.05) is 18.2 Å². The third-order valence-electron chi connectivity index (χ3n) is 3.57. The molecule has 0 atom stereocenters. The van der Waals surface area contributed by atoms with Gasteiger partial charge in [0.2, 0.25) is 0 Å². The lowest BCUT2D eigenvalue weighted by Gasteiger charge is -2.09. The standard InChI is InChI=1S/C20H20N2O5/c21-12-15-3-7-18(8-4-15)27-14-19(23)22-13-16-5-9-17(10-6-16)26-11-1-2-20(24)25/h3-10H,1-2,11,13-14H2,(H,22,23)(H,24,25). The minimum atomic E-state index is -0.840. The van der Waals surface area contributed by atoms with Crippen LogP contribution in [-0.2, 0) is 16.1 Å². The van der Waals surface area contributed by atoms with E-state index < -0.39 is 5.97 Å². The fourth-order valence-corrected chi connectivity index (χ4v) is 2.14. The van der Waals surface area contributed by atoms with Gasteiger partial charge in [0.15, 0.2) is 6.61 Å². The summed E-state index contributed by atoms with van der Waals surface area (Å²) < 4.78 is 10.8. The molecule has 0 aliphatic carbocycles. The van der Waals surface area contributed by atoms with Crippen molar-refractivity contribution in [2.24, 2.45) is 0 Å². The Morgan fingerprint density at radius 1 is 1.00 bits per heavy atom. The van der Waals surface area contributed by atoms with E-state index in [1.54, 1.807) is 36.4 Å². The van der Waals surface area contributed by atoms with Crippen molar-refractivity contribution in [3.8, 4) is 17.6 Å². The second-order valence-electron chi connectivity index (χ2n) is 5.69. The van der Waals surface area contributed by atoms with Gasteiger partial charge in [-0.3, -0.25) is 9.59 Å². The predicted octanol–water partition coefficient (Wildman–Crippen LogP) is 2.50. The lowest BCUT2D eigenvalue weighted by atomic mass is 10.2. The van der Waals surface area contributed by atoms with Gasteiger partial charge in [-0.25, -0.2) is 0 Å². The molecule has 0 radical (unpaired) electrons. The van der Waals surface area contributed by atoms with Gasteiger partial charge in [0, 0.05) is 13.0 Å². The Morgan fingerprint density at radius 3 is 2.26 bits per heavy atom. The molecule has 2 aromatic carbocycles. The number of rotatable bonds is 10. The number of nitrogens with zero attached hydrogens (tertiary/aromatic N) is 1. The Bertz CT molecular complexity index is 795. The highest BCUT2D eigenvalue weighted by Gasteiger charge is 2.04. The number of benzene rings is 2. The van der Waals surface area contributed by atoms with Crippen LogP contribution < -0.4 is 14.8 Å². The zero-order chi connectivity index (χ0) is 19.5. The van der Waals surface area contributed by atoms with Crippen molar-refractivity contribution in [2.75, 3.05) is 13.2 Å². The van der Waals surface area contributed by atoms with E-state index in [1.165, 1.54) is 0 Å². The molecule has 2 aromatic rings. The number of aliphatic carboxylic acids is 1. The summed E-state index contributed by atoms with van der Waals surface area (Å²) in [5.41, 5.74) is 1.43. The Balaban J connectivity index is 1.68. The van der Waals surface area contributed by atoms with Crippen LogP contribution in [0.3, 0.4) is 0 Å². The van der Waals surface area contributed by atoms with Gasteiger partial charge in [-0.1, -0.05) is 12.1 Å². The van der Waals surface area contributed by atoms with Gasteiger partial charge in [0.05, 0.1) is 18.2 Å². The average Bonchev–Trinajstić information content (AvgIpc) is 2.69. The van der Waals surface area contributed by atoms with Crippen LogP contribution in [0.15, 0.2) is 48.5 Å². The first-order chi connectivity index (χ1) is 13.1. The van der Waals surface area contributed by atoms with Gasteiger partial charge in [-0.05, 0) is 48.4 Å². The number of carbonyl (C=O) groups is 2. The number of nitriles is 1. The lowest BCUT2D eigenvalue weighted by molar-refractivity contribution is -0.137. The molecule has 140 valence electrons. The Morgan fingerprint density at radius 2 is 1.63 bits per heavy atom. The number of ether oxygens (including phenoxy) is 2. The number of nitrogens with one attached hydrogen (secondary N) is 1. The number of hydrogen-bond donors (Lipinski definition) is 2. The van der Waals surface area contributed by atoms with E-state index >= 15 is 0 Å². The first-order valence-corrected chi connectivity index (χ1v) is 8.40. The number of amides is 1. The number of hydrogen-bond acceptors (Lipinski definition) is 5. The van der Waals surface area contributed by atoms with Gasteiger partial charge >= 0.3 is 5.97 Å². The highest BCUT2D eigenvalue weighted by atomic mass is 16.5. The summed E-state index contributed by atoms with van der Waals surface area (Å²) >= 11 is 0. The molecule has 0 saturated heterocycles. The zero-order valence-corrected chi connectivity index (χ0v) is 14.7. The minimum absolute atomic E-state index is 0.0780. The maximum atomic E-state index is 11.8. The number of carbonyl (C=O) groups excluding carboxylic acids is 1. The van der Waals surface area contributed by atoms with Crippen LogP contribution >= 0.6 is 0 Å². The van der Waals surface area contributed by atoms with Crippen molar-refractivity contribution in [1.29, 1.82) is 5.26 Å². The molecule has 0 spiro atoms. The van der Waals surface area contributed by atoms with E-state index in [0.717, 1.165) is 5.56 Å². The fourth-order valence-electron chi connectivity index (χ4n) is 2.14. The van der Waals surface area contributed by atoms with Crippen molar-refractivity contribution in [1.82, 2.24) is 5.32 Å². The average molecular weight is 368 g/mol. The summed E-state index contributed by atoms with van der Waals surface area (Å²) in [7, 11) is 0. The van der Waals surface area contributed by atoms with Crippen LogP contribution in [0.25, 0.3) is 0 Å². The number of carboxylic acid groups (broad SMARTS) is 1. The molecule has 0 aliphatic rings. The molecule has 0 bridgehead atoms. The molecular formula is C20H20N2O5. The Labute approximate surface area is 157 Å². The van der Waals surface area contributed by atoms with Crippen molar-refractivity contribution in [2.45, 2.75) is 19.4 Å². The highest BCUT2D eigenvalue weighted by Crippen LogP contribution is 2.13. The molecule has 27 heavy (non-hydrogen) atoms. The molecule has 0 unspecified atom stereocenters. The molecule has 0 saturated carbocycles. The van der Waals surface area contributed by atoms with Crippen LogP contribution in [-0.4, -0.2) is 30.2 Å². The first kappa shape index (κ1) is 19.8. The van der Waals surface area contributed by atoms with E-state index in [-0.39, 0.29) is 18.9 Å². The maximum absolute atomic E-state index is 11.8. The van der Waals surface area contributed by atoms with Crippen LogP contribution in [0.4, 0.5) is 0 Å². The zero-order valence-electron chi connectivity index (χ0n) is 14.7. The second-order valence-corrected chi connectivity index (χ2v) is 5.69. The molecule has 7 nitrogen and oxygen atoms in total. The van der Waals surface area contributed by atoms with Crippen LogP contribution in [0, 0.1) is 11.3 Å². The molecular weight excluding hydrogens is 348 g/mol. The molecule has 2 N–H and O–H groups in total. The minimum Gasteiger partial charge on any atom is -0.494 e. The molecule has 7 heteroatoms. The largest absolute Gasteiger partial charge is 0.494 e. The predicted molar refractivity (Wildman–Crippen MR) is 97.3 cm³/mol. The summed E-state index contributed by atoms with van der Waals surface area (Å²) in [6, 6.07) is 15.7. The molecule has 0 heterocycles. The smallest absolute Gasteiger partial charge is 0.303 e. The van der Waals surface area contributed by atoms with Gasteiger partial charge in [-0.2, -0.15) is 5.26 Å². The molecule has 0 fully saturated rings. The summed E-state index contributed by atoms with van der Waals surface area (Å²) in [5.74, 6) is 0.0781. The van der Waals surface area contributed by atoms with E-state index in [0.29, 0.717) is 36.6 Å². The summed E-state index contributed by atoms with van der Waals surface area (Å²) in [5, 5.41) is 20.0. The quantitative estimate of drug-likeness (QED) is 0.624.